The molecule has 0 heterocycles. The molecule has 0 aromatic heterocycles. The van der Waals surface area contributed by atoms with E-state index in [4.69, 9.17) is 4.74 Å². The molecule has 0 saturated carbocycles. The normalized spacial score (nSPS) is 11.9. The van der Waals surface area contributed by atoms with Crippen molar-refractivity contribution >= 4 is 11.8 Å². The highest BCUT2D eigenvalue weighted by Crippen LogP contribution is 2.22. The van der Waals surface area contributed by atoms with Crippen LogP contribution in [-0.4, -0.2) is 17.8 Å². The Labute approximate surface area is 88.9 Å². The monoisotopic (exact) mass is 209 g/mol. The molecule has 15 heavy (non-hydrogen) atoms. The van der Waals surface area contributed by atoms with Crippen LogP contribution in [0.3, 0.4) is 0 Å². The lowest BCUT2D eigenvalue weighted by molar-refractivity contribution is 0.167. The number of carbonyl (C=O) groups is 1. The average molecular weight is 209 g/mol. The number of benzene rings is 1. The van der Waals surface area contributed by atoms with Gasteiger partial charge in [0, 0.05) is 11.3 Å². The summed E-state index contributed by atoms with van der Waals surface area (Å²) in [6.07, 6.45) is -1.13. The number of hydrogen-bond acceptors (Lipinski definition) is 3. The molecule has 1 amide bonds. The van der Waals surface area contributed by atoms with Crippen LogP contribution in [0.2, 0.25) is 0 Å². The van der Waals surface area contributed by atoms with Crippen LogP contribution in [-0.2, 0) is 4.74 Å². The summed E-state index contributed by atoms with van der Waals surface area (Å²) in [7, 11) is 0. The van der Waals surface area contributed by atoms with Crippen LogP contribution in [0.4, 0.5) is 10.5 Å². The van der Waals surface area contributed by atoms with Gasteiger partial charge in [-0.2, -0.15) is 0 Å². The van der Waals surface area contributed by atoms with Gasteiger partial charge in [0.05, 0.1) is 12.7 Å². The van der Waals surface area contributed by atoms with Crippen molar-refractivity contribution in [3.05, 3.63) is 29.8 Å². The van der Waals surface area contributed by atoms with Crippen molar-refractivity contribution in [1.82, 2.24) is 0 Å². The number of anilines is 1. The molecule has 1 rings (SSSR count). The van der Waals surface area contributed by atoms with Gasteiger partial charge in [0.25, 0.3) is 0 Å². The third kappa shape index (κ3) is 3.25. The maximum atomic E-state index is 11.2. The highest BCUT2D eigenvalue weighted by atomic mass is 16.5. The molecule has 0 bridgehead atoms. The number of rotatable bonds is 3. The largest absolute Gasteiger partial charge is 0.450 e. The SMILES string of the molecule is CCOC(=O)Nc1ccccc1[C@@H](C)O. The smallest absolute Gasteiger partial charge is 0.411 e. The summed E-state index contributed by atoms with van der Waals surface area (Å²) < 4.78 is 4.75. The summed E-state index contributed by atoms with van der Waals surface area (Å²) in [5.41, 5.74) is 1.25. The lowest BCUT2D eigenvalue weighted by Crippen LogP contribution is -2.15. The molecule has 0 saturated heterocycles. The van der Waals surface area contributed by atoms with E-state index >= 15 is 0 Å². The van der Waals surface area contributed by atoms with E-state index in [1.807, 2.05) is 0 Å². The van der Waals surface area contributed by atoms with E-state index < -0.39 is 12.2 Å². The van der Waals surface area contributed by atoms with Gasteiger partial charge in [0.2, 0.25) is 0 Å². The van der Waals surface area contributed by atoms with Gasteiger partial charge in [-0.25, -0.2) is 4.79 Å². The summed E-state index contributed by atoms with van der Waals surface area (Å²) in [6, 6.07) is 7.07. The summed E-state index contributed by atoms with van der Waals surface area (Å²) in [5.74, 6) is 0. The molecule has 1 aromatic carbocycles. The maximum Gasteiger partial charge on any atom is 0.411 e. The van der Waals surface area contributed by atoms with Gasteiger partial charge in [-0.1, -0.05) is 18.2 Å². The first-order valence-corrected chi connectivity index (χ1v) is 4.86. The zero-order valence-electron chi connectivity index (χ0n) is 8.86. The number of nitrogens with one attached hydrogen (secondary N) is 1. The molecule has 2 N–H and O–H groups in total. The van der Waals surface area contributed by atoms with Gasteiger partial charge in [-0.15, -0.1) is 0 Å². The van der Waals surface area contributed by atoms with Crippen LogP contribution in [0, 0.1) is 0 Å². The molecule has 0 radical (unpaired) electrons. The zero-order valence-corrected chi connectivity index (χ0v) is 8.86. The molecule has 0 aliphatic heterocycles. The van der Waals surface area contributed by atoms with Gasteiger partial charge < -0.3 is 9.84 Å². The predicted octanol–water partition coefficient (Wildman–Crippen LogP) is 2.31. The van der Waals surface area contributed by atoms with Gasteiger partial charge >= 0.3 is 6.09 Å². The standard InChI is InChI=1S/C11H15NO3/c1-3-15-11(14)12-10-7-5-4-6-9(10)8(2)13/h4-8,13H,3H2,1-2H3,(H,12,14)/t8-/m1/s1. The average Bonchev–Trinajstić information content (AvgIpc) is 2.18. The van der Waals surface area contributed by atoms with E-state index in [0.29, 0.717) is 17.9 Å². The van der Waals surface area contributed by atoms with Crippen LogP contribution in [0.1, 0.15) is 25.5 Å². The van der Waals surface area contributed by atoms with Crippen molar-refractivity contribution in [2.24, 2.45) is 0 Å². The Morgan fingerprint density at radius 2 is 2.20 bits per heavy atom. The second kappa shape index (κ2) is 5.36. The number of aliphatic hydroxyl groups excluding tert-OH is 1. The maximum absolute atomic E-state index is 11.2. The molecule has 0 spiro atoms. The van der Waals surface area contributed by atoms with E-state index in [2.05, 4.69) is 5.32 Å². The van der Waals surface area contributed by atoms with E-state index in [-0.39, 0.29) is 0 Å². The van der Waals surface area contributed by atoms with E-state index in [9.17, 15) is 9.90 Å². The predicted molar refractivity (Wildman–Crippen MR) is 57.7 cm³/mol. The van der Waals surface area contributed by atoms with E-state index in [1.165, 1.54) is 0 Å². The van der Waals surface area contributed by atoms with Crippen LogP contribution in [0.5, 0.6) is 0 Å². The Kier molecular flexibility index (Phi) is 4.12. The third-order valence-corrected chi connectivity index (χ3v) is 1.92. The van der Waals surface area contributed by atoms with Crippen molar-refractivity contribution in [2.75, 3.05) is 11.9 Å². The Bertz CT molecular complexity index is 336. The van der Waals surface area contributed by atoms with Crippen LogP contribution >= 0.6 is 0 Å². The van der Waals surface area contributed by atoms with Crippen LogP contribution < -0.4 is 5.32 Å². The number of ether oxygens (including phenoxy) is 1. The third-order valence-electron chi connectivity index (χ3n) is 1.92. The van der Waals surface area contributed by atoms with Crippen molar-refractivity contribution in [1.29, 1.82) is 0 Å². The molecule has 0 fully saturated rings. The number of carbonyl (C=O) groups excluding carboxylic acids is 1. The first-order valence-electron chi connectivity index (χ1n) is 4.86. The fourth-order valence-electron chi connectivity index (χ4n) is 1.25. The van der Waals surface area contributed by atoms with Gasteiger partial charge in [0.1, 0.15) is 0 Å². The Hall–Kier alpha value is -1.55. The molecule has 82 valence electrons. The number of amides is 1. The fraction of sp³-hybridized carbons (Fsp3) is 0.364. The topological polar surface area (TPSA) is 58.6 Å². The Balaban J connectivity index is 2.80. The fourth-order valence-corrected chi connectivity index (χ4v) is 1.25. The Morgan fingerprint density at radius 1 is 1.53 bits per heavy atom. The minimum atomic E-state index is -0.622. The molecule has 1 atom stereocenters. The van der Waals surface area contributed by atoms with Crippen molar-refractivity contribution in [2.45, 2.75) is 20.0 Å². The van der Waals surface area contributed by atoms with Gasteiger partial charge in [0.15, 0.2) is 0 Å². The second-order valence-electron chi connectivity index (χ2n) is 3.11. The first kappa shape index (κ1) is 11.5. The number of aliphatic hydroxyl groups is 1. The minimum absolute atomic E-state index is 0.322. The van der Waals surface area contributed by atoms with Crippen molar-refractivity contribution in [3.8, 4) is 0 Å². The second-order valence-corrected chi connectivity index (χ2v) is 3.11. The molecule has 0 aliphatic carbocycles. The molecular formula is C11H15NO3. The molecule has 4 heteroatoms. The van der Waals surface area contributed by atoms with Crippen molar-refractivity contribution < 1.29 is 14.6 Å². The summed E-state index contributed by atoms with van der Waals surface area (Å²) in [5, 5.41) is 12.0. The quantitative estimate of drug-likeness (QED) is 0.803. The minimum Gasteiger partial charge on any atom is -0.450 e. The van der Waals surface area contributed by atoms with E-state index in [0.717, 1.165) is 0 Å². The molecular weight excluding hydrogens is 194 g/mol. The summed E-state index contributed by atoms with van der Waals surface area (Å²) >= 11 is 0. The van der Waals surface area contributed by atoms with Crippen LogP contribution in [0.15, 0.2) is 24.3 Å². The molecule has 0 aliphatic rings. The summed E-state index contributed by atoms with van der Waals surface area (Å²) in [4.78, 5) is 11.2. The number of para-hydroxylation sites is 1. The summed E-state index contributed by atoms with van der Waals surface area (Å²) in [6.45, 7) is 3.70. The zero-order chi connectivity index (χ0) is 11.3. The highest BCUT2D eigenvalue weighted by molar-refractivity contribution is 5.85. The first-order chi connectivity index (χ1) is 7.15. The molecule has 1 aromatic rings. The van der Waals surface area contributed by atoms with Crippen molar-refractivity contribution in [3.63, 3.8) is 0 Å². The highest BCUT2D eigenvalue weighted by Gasteiger charge is 2.09. The lowest BCUT2D eigenvalue weighted by atomic mass is 10.1. The van der Waals surface area contributed by atoms with Gasteiger partial charge in [-0.05, 0) is 19.9 Å². The van der Waals surface area contributed by atoms with Crippen LogP contribution in [0.25, 0.3) is 0 Å². The van der Waals surface area contributed by atoms with E-state index in [1.54, 1.807) is 38.1 Å². The molecule has 0 unspecified atom stereocenters. The molecule has 4 nitrogen and oxygen atoms in total. The number of hydrogen-bond donors (Lipinski definition) is 2. The van der Waals surface area contributed by atoms with Gasteiger partial charge in [-0.3, -0.25) is 5.32 Å². The lowest BCUT2D eigenvalue weighted by Gasteiger charge is -2.12. The Morgan fingerprint density at radius 3 is 2.80 bits per heavy atom.